The van der Waals surface area contributed by atoms with Gasteiger partial charge in [-0.05, 0) is 6.42 Å². The molecule has 0 aliphatic heterocycles. The second-order valence-corrected chi connectivity index (χ2v) is 2.30. The smallest absolute Gasteiger partial charge is 0.0482 e. The van der Waals surface area contributed by atoms with Crippen molar-refractivity contribution in [1.82, 2.24) is 0 Å². The average Bonchev–Trinajstić information content (AvgIpc) is 1.89. The zero-order chi connectivity index (χ0) is 7.98. The minimum atomic E-state index is -1.01. The van der Waals surface area contributed by atoms with E-state index in [1.54, 1.807) is 0 Å². The summed E-state index contributed by atoms with van der Waals surface area (Å²) < 4.78 is 0. The van der Waals surface area contributed by atoms with E-state index in [1.807, 2.05) is 6.92 Å². The highest BCUT2D eigenvalue weighted by molar-refractivity contribution is 5.69. The average molecular weight is 141 g/mol. The summed E-state index contributed by atoms with van der Waals surface area (Å²) in [4.78, 5) is 10.3. The summed E-state index contributed by atoms with van der Waals surface area (Å²) in [6, 6.07) is 0. The molecule has 0 fully saturated rings. The molecule has 0 saturated carbocycles. The highest BCUT2D eigenvalue weighted by atomic mass is 16.4. The Hall–Kier alpha value is -0.790. The van der Waals surface area contributed by atoms with Crippen LogP contribution in [0.15, 0.2) is 12.7 Å². The van der Waals surface area contributed by atoms with Crippen LogP contribution in [0.1, 0.15) is 26.2 Å². The minimum Gasteiger partial charge on any atom is -0.550 e. The summed E-state index contributed by atoms with van der Waals surface area (Å²) in [5.41, 5.74) is 0. The molecular formula is C8H13O2-. The molecule has 0 aliphatic rings. The molecule has 10 heavy (non-hydrogen) atoms. The van der Waals surface area contributed by atoms with Crippen LogP contribution in [-0.4, -0.2) is 5.97 Å². The van der Waals surface area contributed by atoms with Crippen LogP contribution in [0.4, 0.5) is 0 Å². The van der Waals surface area contributed by atoms with Crippen molar-refractivity contribution in [2.24, 2.45) is 5.92 Å². The minimum absolute atomic E-state index is 0.458. The van der Waals surface area contributed by atoms with E-state index in [9.17, 15) is 9.90 Å². The first-order valence-electron chi connectivity index (χ1n) is 3.55. The van der Waals surface area contributed by atoms with E-state index in [0.717, 1.165) is 12.8 Å². The van der Waals surface area contributed by atoms with Crippen LogP contribution in [0.3, 0.4) is 0 Å². The van der Waals surface area contributed by atoms with Crippen molar-refractivity contribution >= 4 is 5.97 Å². The van der Waals surface area contributed by atoms with Gasteiger partial charge in [0.15, 0.2) is 0 Å². The highest BCUT2D eigenvalue weighted by Crippen LogP contribution is 2.07. The molecule has 2 heteroatoms. The summed E-state index contributed by atoms with van der Waals surface area (Å²) >= 11 is 0. The molecular weight excluding hydrogens is 128 g/mol. The lowest BCUT2D eigenvalue weighted by Gasteiger charge is -2.11. The Kier molecular flexibility index (Phi) is 4.63. The number of carbonyl (C=O) groups is 1. The third-order valence-electron chi connectivity index (χ3n) is 1.46. The van der Waals surface area contributed by atoms with Gasteiger partial charge in [-0.1, -0.05) is 25.8 Å². The van der Waals surface area contributed by atoms with Gasteiger partial charge < -0.3 is 9.90 Å². The number of hydrogen-bond acceptors (Lipinski definition) is 2. The normalized spacial score (nSPS) is 12.5. The molecule has 2 nitrogen and oxygen atoms in total. The molecule has 0 aromatic rings. The Bertz CT molecular complexity index is 118. The Morgan fingerprint density at radius 1 is 1.80 bits per heavy atom. The summed E-state index contributed by atoms with van der Waals surface area (Å²) in [6.07, 6.45) is 4.02. The molecule has 1 atom stereocenters. The monoisotopic (exact) mass is 141 g/mol. The van der Waals surface area contributed by atoms with Crippen molar-refractivity contribution in [3.05, 3.63) is 12.7 Å². The maximum Gasteiger partial charge on any atom is 0.0482 e. The molecule has 0 saturated heterocycles. The predicted octanol–water partition coefficient (Wildman–Crippen LogP) is 0.729. The van der Waals surface area contributed by atoms with Crippen LogP contribution >= 0.6 is 0 Å². The van der Waals surface area contributed by atoms with E-state index in [0.29, 0.717) is 6.42 Å². The molecule has 0 aromatic heterocycles. The number of aliphatic carboxylic acids is 1. The van der Waals surface area contributed by atoms with Crippen molar-refractivity contribution in [2.45, 2.75) is 26.2 Å². The van der Waals surface area contributed by atoms with Gasteiger partial charge in [0.05, 0.1) is 0 Å². The third kappa shape index (κ3) is 3.28. The first-order chi connectivity index (χ1) is 4.72. The van der Waals surface area contributed by atoms with Gasteiger partial charge in [-0.2, -0.15) is 0 Å². The molecule has 0 N–H and O–H groups in total. The maximum atomic E-state index is 10.3. The van der Waals surface area contributed by atoms with Crippen molar-refractivity contribution in [1.29, 1.82) is 0 Å². The quantitative estimate of drug-likeness (QED) is 0.529. The van der Waals surface area contributed by atoms with Gasteiger partial charge in [-0.15, -0.1) is 6.58 Å². The van der Waals surface area contributed by atoms with E-state index in [2.05, 4.69) is 6.58 Å². The largest absolute Gasteiger partial charge is 0.550 e. The number of carbonyl (C=O) groups excluding carboxylic acids is 1. The third-order valence-corrected chi connectivity index (χ3v) is 1.46. The van der Waals surface area contributed by atoms with Crippen LogP contribution in [0.25, 0.3) is 0 Å². The van der Waals surface area contributed by atoms with Crippen molar-refractivity contribution in [2.75, 3.05) is 0 Å². The zero-order valence-corrected chi connectivity index (χ0v) is 6.30. The fourth-order valence-electron chi connectivity index (χ4n) is 0.756. The van der Waals surface area contributed by atoms with Gasteiger partial charge >= 0.3 is 0 Å². The van der Waals surface area contributed by atoms with E-state index in [1.165, 1.54) is 6.08 Å². The van der Waals surface area contributed by atoms with E-state index in [-0.39, 0.29) is 0 Å². The van der Waals surface area contributed by atoms with Gasteiger partial charge in [0.2, 0.25) is 0 Å². The zero-order valence-electron chi connectivity index (χ0n) is 6.30. The summed E-state index contributed by atoms with van der Waals surface area (Å²) in [5.74, 6) is -1.47. The number of unbranched alkanes of at least 4 members (excludes halogenated alkanes) is 1. The Labute approximate surface area is 61.6 Å². The summed E-state index contributed by atoms with van der Waals surface area (Å²) in [7, 11) is 0. The molecule has 58 valence electrons. The topological polar surface area (TPSA) is 40.1 Å². The molecule has 0 aliphatic carbocycles. The van der Waals surface area contributed by atoms with Crippen LogP contribution in [-0.2, 0) is 4.79 Å². The molecule has 0 amide bonds. The lowest BCUT2D eigenvalue weighted by molar-refractivity contribution is -0.309. The van der Waals surface area contributed by atoms with Crippen LogP contribution < -0.4 is 5.11 Å². The van der Waals surface area contributed by atoms with Crippen molar-refractivity contribution < 1.29 is 9.90 Å². The van der Waals surface area contributed by atoms with E-state index in [4.69, 9.17) is 0 Å². The standard InChI is InChI=1S/C8H14O2/c1-3-5-6-7(4-2)8(9)10/h4,7H,2-3,5-6H2,1H3,(H,9,10)/p-1. The fraction of sp³-hybridized carbons (Fsp3) is 0.625. The van der Waals surface area contributed by atoms with Gasteiger partial charge in [-0.3, -0.25) is 0 Å². The molecule has 0 rings (SSSR count). The van der Waals surface area contributed by atoms with Crippen molar-refractivity contribution in [3.63, 3.8) is 0 Å². The number of hydrogen-bond donors (Lipinski definition) is 0. The Morgan fingerprint density at radius 3 is 2.70 bits per heavy atom. The second kappa shape index (κ2) is 5.03. The first kappa shape index (κ1) is 9.21. The molecule has 0 bridgehead atoms. The lowest BCUT2D eigenvalue weighted by Crippen LogP contribution is -2.29. The molecule has 0 heterocycles. The fourth-order valence-corrected chi connectivity index (χ4v) is 0.756. The summed E-state index contributed by atoms with van der Waals surface area (Å²) in [5, 5.41) is 10.3. The Balaban J connectivity index is 3.60. The van der Waals surface area contributed by atoms with Gasteiger partial charge in [0, 0.05) is 11.9 Å². The second-order valence-electron chi connectivity index (χ2n) is 2.30. The highest BCUT2D eigenvalue weighted by Gasteiger charge is 2.02. The van der Waals surface area contributed by atoms with Crippen LogP contribution in [0.5, 0.6) is 0 Å². The predicted molar refractivity (Wildman–Crippen MR) is 38.2 cm³/mol. The van der Waals surface area contributed by atoms with E-state index >= 15 is 0 Å². The maximum absolute atomic E-state index is 10.3. The molecule has 0 spiro atoms. The van der Waals surface area contributed by atoms with Crippen LogP contribution in [0.2, 0.25) is 0 Å². The lowest BCUT2D eigenvalue weighted by atomic mass is 10.0. The van der Waals surface area contributed by atoms with Gasteiger partial charge in [0.1, 0.15) is 0 Å². The number of carboxylic acids is 1. The number of carboxylic acid groups (broad SMARTS) is 1. The Morgan fingerprint density at radius 2 is 2.40 bits per heavy atom. The van der Waals surface area contributed by atoms with Gasteiger partial charge in [0.25, 0.3) is 0 Å². The van der Waals surface area contributed by atoms with Crippen LogP contribution in [0, 0.1) is 5.92 Å². The molecule has 0 radical (unpaired) electrons. The first-order valence-corrected chi connectivity index (χ1v) is 3.55. The van der Waals surface area contributed by atoms with Crippen molar-refractivity contribution in [3.8, 4) is 0 Å². The molecule has 0 aromatic carbocycles. The molecule has 1 unspecified atom stereocenters. The van der Waals surface area contributed by atoms with Gasteiger partial charge in [-0.25, -0.2) is 0 Å². The SMILES string of the molecule is C=CC(CCCC)C(=O)[O-]. The summed E-state index contributed by atoms with van der Waals surface area (Å²) in [6.45, 7) is 5.44. The van der Waals surface area contributed by atoms with E-state index < -0.39 is 11.9 Å². The number of rotatable bonds is 5.